The third-order valence-electron chi connectivity index (χ3n) is 6.29. The van der Waals surface area contributed by atoms with Gasteiger partial charge >= 0.3 is 5.97 Å². The lowest BCUT2D eigenvalue weighted by Gasteiger charge is -2.37. The smallest absolute Gasteiger partial charge is 0.337 e. The molecule has 4 rings (SSSR count). The molecule has 0 amide bonds. The van der Waals surface area contributed by atoms with Crippen LogP contribution in [0.4, 0.5) is 0 Å². The van der Waals surface area contributed by atoms with Gasteiger partial charge in [0.1, 0.15) is 0 Å². The second kappa shape index (κ2) is 6.88. The van der Waals surface area contributed by atoms with Crippen molar-refractivity contribution in [3.05, 3.63) is 70.3 Å². The number of nitrogens with zero attached hydrogens (tertiary/aromatic N) is 1. The summed E-state index contributed by atoms with van der Waals surface area (Å²) in [7, 11) is 1.43. The molecule has 0 unspecified atom stereocenters. The van der Waals surface area contributed by atoms with E-state index < -0.39 is 0 Å². The molecule has 2 aromatic rings. The summed E-state index contributed by atoms with van der Waals surface area (Å²) in [6.07, 6.45) is 1.23. The fourth-order valence-electron chi connectivity index (χ4n) is 4.96. The van der Waals surface area contributed by atoms with Crippen LogP contribution in [0.15, 0.2) is 42.5 Å². The molecule has 3 heteroatoms. The molecular formula is C23H27NO2. The summed E-state index contributed by atoms with van der Waals surface area (Å²) in [4.78, 5) is 14.3. The summed E-state index contributed by atoms with van der Waals surface area (Å²) in [6.45, 7) is 7.91. The minimum atomic E-state index is -0.270. The summed E-state index contributed by atoms with van der Waals surface area (Å²) in [6, 6.07) is 15.0. The summed E-state index contributed by atoms with van der Waals surface area (Å²) in [5.74, 6) is 1.43. The van der Waals surface area contributed by atoms with Crippen LogP contribution in [0.2, 0.25) is 0 Å². The van der Waals surface area contributed by atoms with Gasteiger partial charge in [-0.2, -0.15) is 0 Å². The number of carbonyl (C=O) groups is 1. The van der Waals surface area contributed by atoms with Crippen LogP contribution >= 0.6 is 0 Å². The summed E-state index contributed by atoms with van der Waals surface area (Å²) in [5, 5.41) is 0. The van der Waals surface area contributed by atoms with E-state index in [2.05, 4.69) is 49.1 Å². The maximum absolute atomic E-state index is 11.8. The van der Waals surface area contributed by atoms with E-state index in [1.807, 2.05) is 12.1 Å². The number of likely N-dealkylation sites (tertiary alicyclic amines) is 1. The number of aryl methyl sites for hydroxylation is 1. The van der Waals surface area contributed by atoms with Crippen molar-refractivity contribution in [1.29, 1.82) is 0 Å². The van der Waals surface area contributed by atoms with E-state index >= 15 is 0 Å². The fourth-order valence-corrected chi connectivity index (χ4v) is 4.96. The van der Waals surface area contributed by atoms with Crippen molar-refractivity contribution in [3.63, 3.8) is 0 Å². The maximum Gasteiger partial charge on any atom is 0.337 e. The summed E-state index contributed by atoms with van der Waals surface area (Å²) in [5.41, 5.74) is 6.29. The summed E-state index contributed by atoms with van der Waals surface area (Å²) >= 11 is 0. The van der Waals surface area contributed by atoms with E-state index in [1.165, 1.54) is 42.3 Å². The largest absolute Gasteiger partial charge is 0.465 e. The number of rotatable bonds is 3. The van der Waals surface area contributed by atoms with E-state index in [0.717, 1.165) is 13.1 Å². The molecule has 0 bridgehead atoms. The Labute approximate surface area is 156 Å². The Morgan fingerprint density at radius 1 is 1.15 bits per heavy atom. The number of ether oxygens (including phenoxy) is 1. The van der Waals surface area contributed by atoms with Crippen molar-refractivity contribution in [2.75, 3.05) is 26.7 Å². The fraction of sp³-hybridized carbons (Fsp3) is 0.435. The second-order valence-electron chi connectivity index (χ2n) is 7.68. The molecule has 1 aliphatic carbocycles. The predicted octanol–water partition coefficient (Wildman–Crippen LogP) is 4.35. The monoisotopic (exact) mass is 349 g/mol. The number of methoxy groups -OCH3 is 1. The highest BCUT2D eigenvalue weighted by molar-refractivity contribution is 5.89. The molecule has 136 valence electrons. The van der Waals surface area contributed by atoms with Crippen LogP contribution in [0.1, 0.15) is 57.8 Å². The molecule has 2 aromatic carbocycles. The van der Waals surface area contributed by atoms with Gasteiger partial charge < -0.3 is 9.64 Å². The molecule has 3 atom stereocenters. The lowest BCUT2D eigenvalue weighted by atomic mass is 9.78. The van der Waals surface area contributed by atoms with E-state index in [4.69, 9.17) is 4.74 Å². The van der Waals surface area contributed by atoms with Gasteiger partial charge in [-0.3, -0.25) is 0 Å². The minimum Gasteiger partial charge on any atom is -0.465 e. The molecule has 1 fully saturated rings. The van der Waals surface area contributed by atoms with E-state index in [1.54, 1.807) is 0 Å². The molecule has 2 aliphatic rings. The highest BCUT2D eigenvalue weighted by Gasteiger charge is 2.43. The predicted molar refractivity (Wildman–Crippen MR) is 104 cm³/mol. The van der Waals surface area contributed by atoms with Gasteiger partial charge in [0.15, 0.2) is 0 Å². The zero-order valence-electron chi connectivity index (χ0n) is 15.9. The van der Waals surface area contributed by atoms with Crippen LogP contribution in [-0.4, -0.2) is 37.6 Å². The molecule has 1 aliphatic heterocycles. The van der Waals surface area contributed by atoms with Crippen LogP contribution in [0.25, 0.3) is 0 Å². The molecule has 3 nitrogen and oxygen atoms in total. The Kier molecular flexibility index (Phi) is 4.58. The molecule has 0 aromatic heterocycles. The number of fused-ring (bicyclic) bond motifs is 3. The number of benzene rings is 2. The topological polar surface area (TPSA) is 29.5 Å². The van der Waals surface area contributed by atoms with Gasteiger partial charge in [-0.1, -0.05) is 42.8 Å². The van der Waals surface area contributed by atoms with Crippen molar-refractivity contribution in [2.45, 2.75) is 32.1 Å². The van der Waals surface area contributed by atoms with Crippen LogP contribution < -0.4 is 0 Å². The van der Waals surface area contributed by atoms with Crippen molar-refractivity contribution in [1.82, 2.24) is 4.90 Å². The number of esters is 1. The van der Waals surface area contributed by atoms with Gasteiger partial charge in [-0.05, 0) is 61.2 Å². The zero-order valence-corrected chi connectivity index (χ0v) is 15.9. The average Bonchev–Trinajstić information content (AvgIpc) is 2.99. The highest BCUT2D eigenvalue weighted by Crippen LogP contribution is 2.53. The van der Waals surface area contributed by atoms with Gasteiger partial charge in [-0.25, -0.2) is 4.79 Å². The number of carbonyl (C=O) groups excluding carboxylic acids is 1. The first kappa shape index (κ1) is 17.3. The van der Waals surface area contributed by atoms with E-state index in [0.29, 0.717) is 23.3 Å². The quantitative estimate of drug-likeness (QED) is 0.772. The van der Waals surface area contributed by atoms with Crippen molar-refractivity contribution < 1.29 is 9.53 Å². The highest BCUT2D eigenvalue weighted by atomic mass is 16.5. The number of hydrogen-bond donors (Lipinski definition) is 0. The lowest BCUT2D eigenvalue weighted by molar-refractivity contribution is 0.0600. The molecule has 0 saturated carbocycles. The molecule has 1 saturated heterocycles. The molecule has 0 radical (unpaired) electrons. The number of hydrogen-bond acceptors (Lipinski definition) is 3. The third kappa shape index (κ3) is 2.84. The third-order valence-corrected chi connectivity index (χ3v) is 6.29. The first-order chi connectivity index (χ1) is 12.6. The van der Waals surface area contributed by atoms with Crippen LogP contribution in [0.3, 0.4) is 0 Å². The minimum absolute atomic E-state index is 0.270. The maximum atomic E-state index is 11.8. The lowest BCUT2D eigenvalue weighted by Crippen LogP contribution is -2.38. The summed E-state index contributed by atoms with van der Waals surface area (Å²) < 4.78 is 4.84. The first-order valence-corrected chi connectivity index (χ1v) is 9.63. The Bertz CT molecular complexity index is 811. The van der Waals surface area contributed by atoms with E-state index in [-0.39, 0.29) is 5.97 Å². The van der Waals surface area contributed by atoms with Crippen LogP contribution in [0, 0.1) is 12.8 Å². The normalized spacial score (nSPS) is 24.8. The SMILES string of the molecule is CCN1CC[C@@H]2[C@@H](c3ccc(C(=O)OC)cc3)c3cc(C)ccc3[C@@H]2C1. The number of piperidine rings is 1. The first-order valence-electron chi connectivity index (χ1n) is 9.63. The van der Waals surface area contributed by atoms with Gasteiger partial charge in [0.05, 0.1) is 12.7 Å². The van der Waals surface area contributed by atoms with Gasteiger partial charge in [0, 0.05) is 18.4 Å². The van der Waals surface area contributed by atoms with Crippen LogP contribution in [0.5, 0.6) is 0 Å². The van der Waals surface area contributed by atoms with Crippen molar-refractivity contribution in [3.8, 4) is 0 Å². The number of likely N-dealkylation sites (N-methyl/N-ethyl adjacent to an activating group) is 1. The Morgan fingerprint density at radius 2 is 1.92 bits per heavy atom. The van der Waals surface area contributed by atoms with Crippen molar-refractivity contribution >= 4 is 5.97 Å². The molecule has 1 heterocycles. The Hall–Kier alpha value is -2.13. The van der Waals surface area contributed by atoms with E-state index in [9.17, 15) is 4.79 Å². The van der Waals surface area contributed by atoms with Crippen LogP contribution in [-0.2, 0) is 4.74 Å². The standard InChI is InChI=1S/C23H27NO2/c1-4-24-12-11-19-21(14-24)18-10-5-15(2)13-20(18)22(19)16-6-8-17(9-7-16)23(25)26-3/h5-10,13,19,21-22H,4,11-12,14H2,1-3H3/t19-,21-,22+/m0/s1. The average molecular weight is 349 g/mol. The van der Waals surface area contributed by atoms with Gasteiger partial charge in [0.25, 0.3) is 0 Å². The molecule has 0 N–H and O–H groups in total. The molecule has 26 heavy (non-hydrogen) atoms. The zero-order chi connectivity index (χ0) is 18.3. The Balaban J connectivity index is 1.73. The molecule has 0 spiro atoms. The van der Waals surface area contributed by atoms with Crippen molar-refractivity contribution in [2.24, 2.45) is 5.92 Å². The Morgan fingerprint density at radius 3 is 2.62 bits per heavy atom. The van der Waals surface area contributed by atoms with Gasteiger partial charge in [0.2, 0.25) is 0 Å². The van der Waals surface area contributed by atoms with Gasteiger partial charge in [-0.15, -0.1) is 0 Å². The molecular weight excluding hydrogens is 322 g/mol. The second-order valence-corrected chi connectivity index (χ2v) is 7.68.